The summed E-state index contributed by atoms with van der Waals surface area (Å²) in [6.07, 6.45) is 6.77. The number of hydrogen-bond acceptors (Lipinski definition) is 4. The molecule has 1 aliphatic heterocycles. The molecular formula is C12H17N3O2. The summed E-state index contributed by atoms with van der Waals surface area (Å²) in [5.41, 5.74) is 0.901. The second-order valence-corrected chi connectivity index (χ2v) is 4.48. The summed E-state index contributed by atoms with van der Waals surface area (Å²) in [5, 5.41) is 9.05. The lowest BCUT2D eigenvalue weighted by Gasteiger charge is -2.34. The van der Waals surface area contributed by atoms with E-state index in [1.165, 1.54) is 0 Å². The number of carboxylic acid groups (broad SMARTS) is 1. The van der Waals surface area contributed by atoms with Crippen LogP contribution in [-0.4, -0.2) is 39.0 Å². The van der Waals surface area contributed by atoms with Crippen LogP contribution >= 0.6 is 0 Å². The quantitative estimate of drug-likeness (QED) is 0.856. The summed E-state index contributed by atoms with van der Waals surface area (Å²) < 4.78 is 0. The van der Waals surface area contributed by atoms with E-state index in [-0.39, 0.29) is 12.0 Å². The molecule has 1 saturated heterocycles. The van der Waals surface area contributed by atoms with E-state index in [2.05, 4.69) is 14.9 Å². The maximum atomic E-state index is 11.0. The van der Waals surface area contributed by atoms with Crippen molar-refractivity contribution in [3.63, 3.8) is 0 Å². The molecule has 2 rings (SSSR count). The number of piperidine rings is 1. The minimum atomic E-state index is -0.693. The van der Waals surface area contributed by atoms with E-state index in [1.807, 2.05) is 6.92 Å². The molecule has 5 heteroatoms. The van der Waals surface area contributed by atoms with Gasteiger partial charge in [0, 0.05) is 25.1 Å². The summed E-state index contributed by atoms with van der Waals surface area (Å²) >= 11 is 0. The molecule has 1 aliphatic rings. The lowest BCUT2D eigenvalue weighted by atomic mass is 9.96. The van der Waals surface area contributed by atoms with Gasteiger partial charge >= 0.3 is 5.97 Å². The minimum Gasteiger partial charge on any atom is -0.481 e. The van der Waals surface area contributed by atoms with Crippen LogP contribution in [0.4, 0.5) is 0 Å². The summed E-state index contributed by atoms with van der Waals surface area (Å²) in [7, 11) is 0. The van der Waals surface area contributed by atoms with Crippen molar-refractivity contribution in [3.05, 3.63) is 24.3 Å². The van der Waals surface area contributed by atoms with Crippen LogP contribution in [0.5, 0.6) is 0 Å². The van der Waals surface area contributed by atoms with Crippen molar-refractivity contribution < 1.29 is 9.90 Å². The van der Waals surface area contributed by atoms with Crippen LogP contribution in [0.15, 0.2) is 18.6 Å². The predicted molar refractivity (Wildman–Crippen MR) is 62.4 cm³/mol. The van der Waals surface area contributed by atoms with E-state index in [0.717, 1.165) is 25.1 Å². The highest BCUT2D eigenvalue weighted by molar-refractivity contribution is 5.70. The summed E-state index contributed by atoms with van der Waals surface area (Å²) in [6, 6.07) is 0.130. The number of likely N-dealkylation sites (tertiary alicyclic amines) is 1. The molecule has 2 heterocycles. The first-order chi connectivity index (χ1) is 8.18. The van der Waals surface area contributed by atoms with Crippen LogP contribution in [0.25, 0.3) is 0 Å². The number of carbonyl (C=O) groups is 1. The molecule has 92 valence electrons. The van der Waals surface area contributed by atoms with Crippen LogP contribution in [0.1, 0.15) is 31.5 Å². The van der Waals surface area contributed by atoms with Gasteiger partial charge in [0.2, 0.25) is 0 Å². The van der Waals surface area contributed by atoms with E-state index in [4.69, 9.17) is 5.11 Å². The highest BCUT2D eigenvalue weighted by Gasteiger charge is 2.28. The monoisotopic (exact) mass is 235 g/mol. The van der Waals surface area contributed by atoms with Crippen molar-refractivity contribution >= 4 is 5.97 Å². The Morgan fingerprint density at radius 3 is 3.06 bits per heavy atom. The van der Waals surface area contributed by atoms with E-state index in [0.29, 0.717) is 6.54 Å². The molecule has 1 aromatic heterocycles. The molecule has 0 radical (unpaired) electrons. The molecule has 0 saturated carbocycles. The van der Waals surface area contributed by atoms with Gasteiger partial charge in [-0.05, 0) is 26.3 Å². The fourth-order valence-electron chi connectivity index (χ4n) is 2.27. The smallest absolute Gasteiger partial charge is 0.307 e. The number of hydrogen-bond donors (Lipinski definition) is 1. The van der Waals surface area contributed by atoms with Gasteiger partial charge in [-0.25, -0.2) is 0 Å². The first kappa shape index (κ1) is 12.0. The van der Waals surface area contributed by atoms with Crippen molar-refractivity contribution in [2.24, 2.45) is 5.92 Å². The van der Waals surface area contributed by atoms with Gasteiger partial charge in [-0.15, -0.1) is 0 Å². The first-order valence-electron chi connectivity index (χ1n) is 5.91. The lowest BCUT2D eigenvalue weighted by molar-refractivity contribution is -0.143. The van der Waals surface area contributed by atoms with Gasteiger partial charge in [-0.2, -0.15) is 0 Å². The molecule has 1 aromatic rings. The molecule has 0 bridgehead atoms. The Morgan fingerprint density at radius 2 is 2.41 bits per heavy atom. The highest BCUT2D eigenvalue weighted by Crippen LogP contribution is 2.25. The number of nitrogens with zero attached hydrogens (tertiary/aromatic N) is 3. The Morgan fingerprint density at radius 1 is 1.59 bits per heavy atom. The third kappa shape index (κ3) is 2.79. The normalized spacial score (nSPS) is 23.2. The molecule has 0 amide bonds. The van der Waals surface area contributed by atoms with E-state index >= 15 is 0 Å². The van der Waals surface area contributed by atoms with Crippen LogP contribution in [0.3, 0.4) is 0 Å². The molecule has 17 heavy (non-hydrogen) atoms. The molecular weight excluding hydrogens is 218 g/mol. The van der Waals surface area contributed by atoms with Crippen molar-refractivity contribution in [1.82, 2.24) is 14.9 Å². The fourth-order valence-corrected chi connectivity index (χ4v) is 2.27. The van der Waals surface area contributed by atoms with Crippen molar-refractivity contribution in [2.75, 3.05) is 13.1 Å². The lowest BCUT2D eigenvalue weighted by Crippen LogP contribution is -2.40. The number of carboxylic acids is 1. The molecule has 0 aliphatic carbocycles. The van der Waals surface area contributed by atoms with Crippen LogP contribution in [0, 0.1) is 5.92 Å². The Hall–Kier alpha value is -1.49. The Balaban J connectivity index is 2.05. The summed E-state index contributed by atoms with van der Waals surface area (Å²) in [4.78, 5) is 21.5. The van der Waals surface area contributed by atoms with Gasteiger partial charge in [-0.1, -0.05) is 0 Å². The van der Waals surface area contributed by atoms with E-state index in [1.54, 1.807) is 18.6 Å². The third-order valence-electron chi connectivity index (χ3n) is 3.36. The Bertz CT molecular complexity index is 383. The topological polar surface area (TPSA) is 66.3 Å². The maximum Gasteiger partial charge on any atom is 0.307 e. The predicted octanol–water partition coefficient (Wildman–Crippen LogP) is 1.33. The average molecular weight is 235 g/mol. The van der Waals surface area contributed by atoms with Crippen LogP contribution < -0.4 is 0 Å². The Kier molecular flexibility index (Phi) is 3.68. The number of aromatic nitrogens is 2. The SMILES string of the molecule is C[C@@H](c1cnccn1)N1CCC[C@H](C(=O)O)C1. The second-order valence-electron chi connectivity index (χ2n) is 4.48. The third-order valence-corrected chi connectivity index (χ3v) is 3.36. The molecule has 1 fully saturated rings. The van der Waals surface area contributed by atoms with Gasteiger partial charge in [0.25, 0.3) is 0 Å². The zero-order valence-corrected chi connectivity index (χ0v) is 9.91. The standard InChI is InChI=1S/C12H17N3O2/c1-9(11-7-13-4-5-14-11)15-6-2-3-10(8-15)12(16)17/h4-5,7,9-10H,2-3,6,8H2,1H3,(H,16,17)/t9-,10-/m0/s1. The van der Waals surface area contributed by atoms with Gasteiger partial charge < -0.3 is 5.11 Å². The van der Waals surface area contributed by atoms with Crippen molar-refractivity contribution in [2.45, 2.75) is 25.8 Å². The summed E-state index contributed by atoms with van der Waals surface area (Å²) in [5.74, 6) is -0.941. The molecule has 0 aromatic carbocycles. The van der Waals surface area contributed by atoms with Gasteiger partial charge in [0.05, 0.1) is 17.7 Å². The van der Waals surface area contributed by atoms with E-state index in [9.17, 15) is 4.79 Å². The highest BCUT2D eigenvalue weighted by atomic mass is 16.4. The first-order valence-corrected chi connectivity index (χ1v) is 5.91. The average Bonchev–Trinajstić information content (AvgIpc) is 2.39. The van der Waals surface area contributed by atoms with Crippen LogP contribution in [0.2, 0.25) is 0 Å². The van der Waals surface area contributed by atoms with Gasteiger partial charge in [0.1, 0.15) is 0 Å². The maximum absolute atomic E-state index is 11.0. The summed E-state index contributed by atoms with van der Waals surface area (Å²) in [6.45, 7) is 3.59. The number of aliphatic carboxylic acids is 1. The van der Waals surface area contributed by atoms with Gasteiger partial charge in [0.15, 0.2) is 0 Å². The fraction of sp³-hybridized carbons (Fsp3) is 0.583. The largest absolute Gasteiger partial charge is 0.481 e. The zero-order chi connectivity index (χ0) is 12.3. The molecule has 0 unspecified atom stereocenters. The molecule has 1 N–H and O–H groups in total. The molecule has 5 nitrogen and oxygen atoms in total. The molecule has 0 spiro atoms. The van der Waals surface area contributed by atoms with Gasteiger partial charge in [-0.3, -0.25) is 19.7 Å². The molecule has 2 atom stereocenters. The number of rotatable bonds is 3. The van der Waals surface area contributed by atoms with Crippen molar-refractivity contribution in [1.29, 1.82) is 0 Å². The van der Waals surface area contributed by atoms with Crippen LogP contribution in [-0.2, 0) is 4.79 Å². The Labute approximate surface area is 100 Å². The van der Waals surface area contributed by atoms with Crippen molar-refractivity contribution in [3.8, 4) is 0 Å². The van der Waals surface area contributed by atoms with E-state index < -0.39 is 5.97 Å². The minimum absolute atomic E-state index is 0.130. The zero-order valence-electron chi connectivity index (χ0n) is 9.91. The second kappa shape index (κ2) is 5.23.